The largest absolute Gasteiger partial charge is 0.409 e. The molecule has 0 bridgehead atoms. The highest BCUT2D eigenvalue weighted by molar-refractivity contribution is 6.34. The van der Waals surface area contributed by atoms with Crippen LogP contribution in [0, 0.1) is 0 Å². The lowest BCUT2D eigenvalue weighted by atomic mass is 10.1. The van der Waals surface area contributed by atoms with E-state index in [-0.39, 0.29) is 11.9 Å². The minimum atomic E-state index is -0.334. The zero-order chi connectivity index (χ0) is 13.7. The van der Waals surface area contributed by atoms with Gasteiger partial charge in [0, 0.05) is 24.8 Å². The van der Waals surface area contributed by atoms with Crippen molar-refractivity contribution in [3.63, 3.8) is 0 Å². The van der Waals surface area contributed by atoms with Crippen molar-refractivity contribution in [2.45, 2.75) is 19.4 Å². The summed E-state index contributed by atoms with van der Waals surface area (Å²) in [7, 11) is 1.91. The highest BCUT2D eigenvalue weighted by Gasteiger charge is 2.09. The molecular weight excluding hydrogens is 254 g/mol. The predicted molar refractivity (Wildman–Crippen MR) is 73.5 cm³/mol. The third-order valence-corrected chi connectivity index (χ3v) is 2.97. The summed E-state index contributed by atoms with van der Waals surface area (Å²) in [6.45, 7) is 2.47. The number of aliphatic hydroxyl groups is 1. The summed E-state index contributed by atoms with van der Waals surface area (Å²) >= 11 is 6.06. The van der Waals surface area contributed by atoms with Gasteiger partial charge in [0.2, 0.25) is 0 Å². The van der Waals surface area contributed by atoms with Crippen molar-refractivity contribution in [3.8, 4) is 0 Å². The molecule has 0 aliphatic rings. The summed E-state index contributed by atoms with van der Waals surface area (Å²) < 4.78 is 0. The summed E-state index contributed by atoms with van der Waals surface area (Å²) in [5.74, 6) is -0.0156. The minimum Gasteiger partial charge on any atom is -0.409 e. The molecule has 1 aromatic carbocycles. The lowest BCUT2D eigenvalue weighted by molar-refractivity contribution is 0.187. The molecular formula is C12H18ClN3O2. The van der Waals surface area contributed by atoms with Gasteiger partial charge >= 0.3 is 0 Å². The van der Waals surface area contributed by atoms with E-state index in [9.17, 15) is 5.11 Å². The number of oxime groups is 1. The van der Waals surface area contributed by atoms with Gasteiger partial charge in [0.05, 0.1) is 11.1 Å². The smallest absolute Gasteiger partial charge is 0.171 e. The van der Waals surface area contributed by atoms with Gasteiger partial charge in [-0.15, -0.1) is 0 Å². The summed E-state index contributed by atoms with van der Waals surface area (Å²) in [6.07, 6.45) is 0.343. The molecule has 0 aromatic heterocycles. The summed E-state index contributed by atoms with van der Waals surface area (Å²) in [4.78, 5) is 1.98. The van der Waals surface area contributed by atoms with E-state index in [0.29, 0.717) is 17.0 Å². The molecule has 4 N–H and O–H groups in total. The third kappa shape index (κ3) is 3.78. The summed E-state index contributed by atoms with van der Waals surface area (Å²) in [5.41, 5.74) is 6.89. The Morgan fingerprint density at radius 1 is 1.56 bits per heavy atom. The van der Waals surface area contributed by atoms with Crippen LogP contribution in [-0.2, 0) is 0 Å². The van der Waals surface area contributed by atoms with Crippen molar-refractivity contribution in [1.82, 2.24) is 0 Å². The molecule has 1 atom stereocenters. The molecule has 0 radical (unpaired) electrons. The van der Waals surface area contributed by atoms with Gasteiger partial charge in [0.15, 0.2) is 5.84 Å². The molecule has 0 spiro atoms. The number of amidine groups is 1. The summed E-state index contributed by atoms with van der Waals surface area (Å²) in [6, 6.07) is 5.28. The fourth-order valence-electron chi connectivity index (χ4n) is 1.51. The SMILES string of the molecule is CC(O)CCN(C)c1ccc(/C(N)=N/O)c(Cl)c1. The van der Waals surface area contributed by atoms with E-state index in [4.69, 9.17) is 22.5 Å². The molecule has 0 saturated heterocycles. The number of hydrogen-bond acceptors (Lipinski definition) is 4. The van der Waals surface area contributed by atoms with Crippen LogP contribution in [0.15, 0.2) is 23.4 Å². The third-order valence-electron chi connectivity index (χ3n) is 2.66. The molecule has 1 rings (SSSR count). The second-order valence-electron chi connectivity index (χ2n) is 4.21. The molecule has 0 saturated carbocycles. The Hall–Kier alpha value is -1.46. The average molecular weight is 272 g/mol. The lowest BCUT2D eigenvalue weighted by Crippen LogP contribution is -2.22. The molecule has 0 amide bonds. The standard InChI is InChI=1S/C12H18ClN3O2/c1-8(17)5-6-16(2)9-3-4-10(11(13)7-9)12(14)15-18/h3-4,7-8,17-18H,5-6H2,1-2H3,(H2,14,15). The first-order chi connectivity index (χ1) is 8.45. The second-order valence-corrected chi connectivity index (χ2v) is 4.62. The second kappa shape index (κ2) is 6.47. The molecule has 0 heterocycles. The highest BCUT2D eigenvalue weighted by atomic mass is 35.5. The van der Waals surface area contributed by atoms with Crippen molar-refractivity contribution in [2.75, 3.05) is 18.5 Å². The van der Waals surface area contributed by atoms with E-state index in [1.165, 1.54) is 0 Å². The van der Waals surface area contributed by atoms with Gasteiger partial charge in [-0.3, -0.25) is 0 Å². The Kier molecular flexibility index (Phi) is 5.25. The number of benzene rings is 1. The van der Waals surface area contributed by atoms with E-state index in [2.05, 4.69) is 5.16 Å². The highest BCUT2D eigenvalue weighted by Crippen LogP contribution is 2.23. The number of anilines is 1. The van der Waals surface area contributed by atoms with Crippen LogP contribution in [0.2, 0.25) is 5.02 Å². The molecule has 100 valence electrons. The number of rotatable bonds is 5. The van der Waals surface area contributed by atoms with Crippen LogP contribution >= 0.6 is 11.6 Å². The first kappa shape index (κ1) is 14.6. The van der Waals surface area contributed by atoms with Gasteiger partial charge < -0.3 is 20.9 Å². The number of hydrogen-bond donors (Lipinski definition) is 3. The van der Waals surface area contributed by atoms with Gasteiger partial charge in [-0.05, 0) is 31.5 Å². The Labute approximate surface area is 111 Å². The number of halogens is 1. The zero-order valence-electron chi connectivity index (χ0n) is 10.5. The van der Waals surface area contributed by atoms with Crippen molar-refractivity contribution in [3.05, 3.63) is 28.8 Å². The van der Waals surface area contributed by atoms with E-state index < -0.39 is 0 Å². The van der Waals surface area contributed by atoms with Crippen LogP contribution in [0.25, 0.3) is 0 Å². The van der Waals surface area contributed by atoms with Crippen molar-refractivity contribution in [1.29, 1.82) is 0 Å². The maximum atomic E-state index is 9.24. The first-order valence-electron chi connectivity index (χ1n) is 5.62. The van der Waals surface area contributed by atoms with Crippen LogP contribution in [-0.4, -0.2) is 35.8 Å². The van der Waals surface area contributed by atoms with Crippen LogP contribution in [0.1, 0.15) is 18.9 Å². The lowest BCUT2D eigenvalue weighted by Gasteiger charge is -2.20. The maximum absolute atomic E-state index is 9.24. The Morgan fingerprint density at radius 2 is 2.22 bits per heavy atom. The van der Waals surface area contributed by atoms with E-state index in [0.717, 1.165) is 12.2 Å². The van der Waals surface area contributed by atoms with Gasteiger partial charge in [-0.25, -0.2) is 0 Å². The average Bonchev–Trinajstić information content (AvgIpc) is 2.34. The normalized spacial score (nSPS) is 13.4. The van der Waals surface area contributed by atoms with Gasteiger partial charge in [-0.1, -0.05) is 16.8 Å². The molecule has 5 nitrogen and oxygen atoms in total. The topological polar surface area (TPSA) is 82.1 Å². The van der Waals surface area contributed by atoms with Crippen LogP contribution in [0.5, 0.6) is 0 Å². The monoisotopic (exact) mass is 271 g/mol. The maximum Gasteiger partial charge on any atom is 0.171 e. The minimum absolute atomic E-state index is 0.0156. The van der Waals surface area contributed by atoms with Gasteiger partial charge in [-0.2, -0.15) is 0 Å². The Bertz CT molecular complexity index is 435. The molecule has 1 aromatic rings. The van der Waals surface area contributed by atoms with E-state index in [1.54, 1.807) is 19.1 Å². The zero-order valence-corrected chi connectivity index (χ0v) is 11.2. The molecule has 1 unspecified atom stereocenters. The quantitative estimate of drug-likeness (QED) is 0.329. The Balaban J connectivity index is 2.84. The number of nitrogens with zero attached hydrogens (tertiary/aromatic N) is 2. The molecule has 6 heteroatoms. The molecule has 0 aliphatic heterocycles. The molecule has 0 fully saturated rings. The fraction of sp³-hybridized carbons (Fsp3) is 0.417. The van der Waals surface area contributed by atoms with Crippen LogP contribution in [0.4, 0.5) is 5.69 Å². The summed E-state index contributed by atoms with van der Waals surface area (Å²) in [5, 5.41) is 21.2. The van der Waals surface area contributed by atoms with Crippen molar-refractivity contribution in [2.24, 2.45) is 10.9 Å². The Morgan fingerprint density at radius 3 is 2.72 bits per heavy atom. The number of nitrogens with two attached hydrogens (primary N) is 1. The fourth-order valence-corrected chi connectivity index (χ4v) is 1.78. The predicted octanol–water partition coefficient (Wildman–Crippen LogP) is 1.64. The van der Waals surface area contributed by atoms with Crippen molar-refractivity contribution < 1.29 is 10.3 Å². The number of aliphatic hydroxyl groups excluding tert-OH is 1. The molecule has 18 heavy (non-hydrogen) atoms. The van der Waals surface area contributed by atoms with Crippen LogP contribution in [0.3, 0.4) is 0 Å². The van der Waals surface area contributed by atoms with Crippen LogP contribution < -0.4 is 10.6 Å². The van der Waals surface area contributed by atoms with E-state index >= 15 is 0 Å². The van der Waals surface area contributed by atoms with E-state index in [1.807, 2.05) is 18.0 Å². The van der Waals surface area contributed by atoms with Crippen molar-refractivity contribution >= 4 is 23.1 Å². The van der Waals surface area contributed by atoms with Gasteiger partial charge in [0.25, 0.3) is 0 Å². The van der Waals surface area contributed by atoms with Gasteiger partial charge in [0.1, 0.15) is 0 Å². The molecule has 0 aliphatic carbocycles. The first-order valence-corrected chi connectivity index (χ1v) is 6.00.